The molecule has 1 N–H and O–H groups in total. The van der Waals surface area contributed by atoms with E-state index in [1.165, 1.54) is 36.2 Å². The van der Waals surface area contributed by atoms with Gasteiger partial charge in [-0.25, -0.2) is 0 Å². The van der Waals surface area contributed by atoms with Crippen LogP contribution in [0.25, 0.3) is 0 Å². The molecule has 1 aromatic rings. The molecule has 1 aliphatic carbocycles. The lowest BCUT2D eigenvalue weighted by Crippen LogP contribution is -2.16. The summed E-state index contributed by atoms with van der Waals surface area (Å²) in [6.45, 7) is 8.84. The molecule has 2 rings (SSSR count). The number of nitrogens with one attached hydrogen (secondary N) is 1. The Balaban J connectivity index is 2.07. The molecule has 84 valence electrons. The summed E-state index contributed by atoms with van der Waals surface area (Å²) in [4.78, 5) is 0. The zero-order valence-electron chi connectivity index (χ0n) is 10.1. The van der Waals surface area contributed by atoms with Crippen LogP contribution in [0, 0.1) is 13.8 Å². The molecule has 0 bridgehead atoms. The van der Waals surface area contributed by atoms with E-state index >= 15 is 0 Å². The maximum atomic E-state index is 3.39. The second kappa shape index (κ2) is 4.40. The first kappa shape index (κ1) is 10.7. The maximum Gasteiger partial charge on any atom is 0.0337 e. The summed E-state index contributed by atoms with van der Waals surface area (Å²) >= 11 is 0. The summed E-state index contributed by atoms with van der Waals surface area (Å²) in [6, 6.07) is 3.18. The van der Waals surface area contributed by atoms with Crippen LogP contribution in [0.1, 0.15) is 42.8 Å². The predicted molar refractivity (Wildman–Crippen MR) is 64.4 cm³/mol. The standard InChI is InChI=1S/C13H22N2/c1-4-14-8-7-12-9-10(2)15(11(12)3)13-5-6-13/h9,13-14H,4-8H2,1-3H3. The number of rotatable bonds is 5. The van der Waals surface area contributed by atoms with Gasteiger partial charge in [0, 0.05) is 17.4 Å². The number of aromatic nitrogens is 1. The highest BCUT2D eigenvalue weighted by atomic mass is 15.1. The van der Waals surface area contributed by atoms with Gasteiger partial charge in [0.25, 0.3) is 0 Å². The van der Waals surface area contributed by atoms with Crippen molar-refractivity contribution in [2.75, 3.05) is 13.1 Å². The van der Waals surface area contributed by atoms with Crippen molar-refractivity contribution in [3.8, 4) is 0 Å². The van der Waals surface area contributed by atoms with Crippen molar-refractivity contribution in [1.82, 2.24) is 9.88 Å². The highest BCUT2D eigenvalue weighted by molar-refractivity contribution is 5.28. The SMILES string of the molecule is CCNCCc1cc(C)n(C2CC2)c1C. The number of hydrogen-bond donors (Lipinski definition) is 1. The van der Waals surface area contributed by atoms with Gasteiger partial charge in [0.1, 0.15) is 0 Å². The molecule has 0 amide bonds. The largest absolute Gasteiger partial charge is 0.346 e. The van der Waals surface area contributed by atoms with E-state index in [0.717, 1.165) is 19.1 Å². The summed E-state index contributed by atoms with van der Waals surface area (Å²) in [7, 11) is 0. The zero-order valence-corrected chi connectivity index (χ0v) is 10.1. The molecular weight excluding hydrogens is 184 g/mol. The normalized spacial score (nSPS) is 15.9. The lowest BCUT2D eigenvalue weighted by molar-refractivity contribution is 0.684. The molecule has 0 spiro atoms. The smallest absolute Gasteiger partial charge is 0.0337 e. The first-order chi connectivity index (χ1) is 7.24. The Morgan fingerprint density at radius 3 is 2.73 bits per heavy atom. The molecule has 15 heavy (non-hydrogen) atoms. The van der Waals surface area contributed by atoms with Crippen LogP contribution in [0.15, 0.2) is 6.07 Å². The minimum Gasteiger partial charge on any atom is -0.346 e. The van der Waals surface area contributed by atoms with Crippen LogP contribution >= 0.6 is 0 Å². The summed E-state index contributed by atoms with van der Waals surface area (Å²) in [5.74, 6) is 0. The average molecular weight is 206 g/mol. The van der Waals surface area contributed by atoms with E-state index in [-0.39, 0.29) is 0 Å². The third-order valence-corrected chi connectivity index (χ3v) is 3.32. The third-order valence-electron chi connectivity index (χ3n) is 3.32. The fourth-order valence-corrected chi connectivity index (χ4v) is 2.39. The highest BCUT2D eigenvalue weighted by Crippen LogP contribution is 2.38. The van der Waals surface area contributed by atoms with Crippen LogP contribution in [-0.4, -0.2) is 17.7 Å². The Morgan fingerprint density at radius 2 is 2.13 bits per heavy atom. The molecule has 0 aliphatic heterocycles. The third kappa shape index (κ3) is 2.25. The maximum absolute atomic E-state index is 3.39. The van der Waals surface area contributed by atoms with E-state index in [9.17, 15) is 0 Å². The van der Waals surface area contributed by atoms with E-state index in [0.29, 0.717) is 0 Å². The van der Waals surface area contributed by atoms with Crippen molar-refractivity contribution in [2.45, 2.75) is 46.1 Å². The Labute approximate surface area is 92.7 Å². The van der Waals surface area contributed by atoms with Gasteiger partial charge >= 0.3 is 0 Å². The van der Waals surface area contributed by atoms with E-state index in [2.05, 4.69) is 36.7 Å². The molecule has 1 aromatic heterocycles. The molecule has 1 aliphatic rings. The Hall–Kier alpha value is -0.760. The van der Waals surface area contributed by atoms with Crippen LogP contribution in [0.2, 0.25) is 0 Å². The molecule has 1 fully saturated rings. The average Bonchev–Trinajstić information content (AvgIpc) is 2.97. The van der Waals surface area contributed by atoms with E-state index in [1.807, 2.05) is 0 Å². The van der Waals surface area contributed by atoms with E-state index in [4.69, 9.17) is 0 Å². The van der Waals surface area contributed by atoms with Gasteiger partial charge in [0.15, 0.2) is 0 Å². The van der Waals surface area contributed by atoms with Gasteiger partial charge in [-0.1, -0.05) is 6.92 Å². The van der Waals surface area contributed by atoms with Crippen molar-refractivity contribution in [3.63, 3.8) is 0 Å². The van der Waals surface area contributed by atoms with Gasteiger partial charge in [0.2, 0.25) is 0 Å². The topological polar surface area (TPSA) is 17.0 Å². The minimum atomic E-state index is 0.817. The second-order valence-electron chi connectivity index (χ2n) is 4.60. The summed E-state index contributed by atoms with van der Waals surface area (Å²) < 4.78 is 2.53. The fourth-order valence-electron chi connectivity index (χ4n) is 2.39. The predicted octanol–water partition coefficient (Wildman–Crippen LogP) is 2.59. The Morgan fingerprint density at radius 1 is 1.40 bits per heavy atom. The first-order valence-corrected chi connectivity index (χ1v) is 6.12. The minimum absolute atomic E-state index is 0.817. The zero-order chi connectivity index (χ0) is 10.8. The van der Waals surface area contributed by atoms with Crippen LogP contribution in [-0.2, 0) is 6.42 Å². The van der Waals surface area contributed by atoms with Gasteiger partial charge in [-0.15, -0.1) is 0 Å². The van der Waals surface area contributed by atoms with Crippen LogP contribution in [0.5, 0.6) is 0 Å². The van der Waals surface area contributed by atoms with Crippen molar-refractivity contribution < 1.29 is 0 Å². The lowest BCUT2D eigenvalue weighted by atomic mass is 10.2. The van der Waals surface area contributed by atoms with Gasteiger partial charge in [-0.3, -0.25) is 0 Å². The molecule has 1 heterocycles. The van der Waals surface area contributed by atoms with E-state index < -0.39 is 0 Å². The molecule has 0 saturated heterocycles. The Bertz CT molecular complexity index is 335. The van der Waals surface area contributed by atoms with Gasteiger partial charge < -0.3 is 9.88 Å². The molecule has 0 unspecified atom stereocenters. The molecule has 0 aromatic carbocycles. The number of hydrogen-bond acceptors (Lipinski definition) is 1. The first-order valence-electron chi connectivity index (χ1n) is 6.12. The fraction of sp³-hybridized carbons (Fsp3) is 0.692. The Kier molecular flexibility index (Phi) is 3.15. The molecule has 1 saturated carbocycles. The van der Waals surface area contributed by atoms with E-state index in [1.54, 1.807) is 0 Å². The monoisotopic (exact) mass is 206 g/mol. The van der Waals surface area contributed by atoms with Crippen molar-refractivity contribution in [2.24, 2.45) is 0 Å². The second-order valence-corrected chi connectivity index (χ2v) is 4.60. The van der Waals surface area contributed by atoms with Crippen molar-refractivity contribution in [3.05, 3.63) is 23.0 Å². The van der Waals surface area contributed by atoms with Gasteiger partial charge in [-0.05, 0) is 57.8 Å². The lowest BCUT2D eigenvalue weighted by Gasteiger charge is -2.07. The van der Waals surface area contributed by atoms with Crippen LogP contribution in [0.3, 0.4) is 0 Å². The number of nitrogens with zero attached hydrogens (tertiary/aromatic N) is 1. The molecular formula is C13H22N2. The summed E-state index contributed by atoms with van der Waals surface area (Å²) in [6.07, 6.45) is 3.92. The van der Waals surface area contributed by atoms with Crippen molar-refractivity contribution in [1.29, 1.82) is 0 Å². The summed E-state index contributed by atoms with van der Waals surface area (Å²) in [5, 5.41) is 3.39. The quantitative estimate of drug-likeness (QED) is 0.733. The number of aryl methyl sites for hydroxylation is 1. The van der Waals surface area contributed by atoms with Gasteiger partial charge in [0.05, 0.1) is 0 Å². The molecule has 2 heteroatoms. The molecule has 2 nitrogen and oxygen atoms in total. The number of likely N-dealkylation sites (N-methyl/N-ethyl adjacent to an activating group) is 1. The molecule has 0 radical (unpaired) electrons. The van der Waals surface area contributed by atoms with Crippen molar-refractivity contribution >= 4 is 0 Å². The van der Waals surface area contributed by atoms with Gasteiger partial charge in [-0.2, -0.15) is 0 Å². The highest BCUT2D eigenvalue weighted by Gasteiger charge is 2.26. The summed E-state index contributed by atoms with van der Waals surface area (Å²) in [5.41, 5.74) is 4.47. The van der Waals surface area contributed by atoms with Crippen LogP contribution in [0.4, 0.5) is 0 Å². The van der Waals surface area contributed by atoms with Crippen LogP contribution < -0.4 is 5.32 Å². The molecule has 0 atom stereocenters.